The molecule has 9 aromatic carbocycles. The molecule has 1 aliphatic rings. The van der Waals surface area contributed by atoms with Crippen LogP contribution in [0.4, 0.5) is 0 Å². The van der Waals surface area contributed by atoms with E-state index in [0.717, 1.165) is 123 Å². The van der Waals surface area contributed by atoms with Crippen LogP contribution in [0.1, 0.15) is 78.6 Å². The zero-order valence-electron chi connectivity index (χ0n) is 46.3. The molecule has 1 atom stereocenters. The fraction of sp³-hybridized carbons (Fsp3) is 0.107. The second-order valence-corrected chi connectivity index (χ2v) is 20.0. The molecule has 1 aliphatic carbocycles. The van der Waals surface area contributed by atoms with Gasteiger partial charge in [0.1, 0.15) is 22.3 Å². The third-order valence-corrected chi connectivity index (χ3v) is 15.4. The Labute approximate surface area is 469 Å². The molecule has 0 saturated carbocycles. The van der Waals surface area contributed by atoms with Crippen LogP contribution in [0.15, 0.2) is 268 Å². The minimum atomic E-state index is -0.568. The van der Waals surface area contributed by atoms with Gasteiger partial charge in [-0.25, -0.2) is 9.98 Å². The first-order chi connectivity index (χ1) is 39.2. The van der Waals surface area contributed by atoms with Gasteiger partial charge in [-0.15, -0.1) is 0 Å². The molecule has 0 fully saturated rings. The van der Waals surface area contributed by atoms with Crippen molar-refractivity contribution in [1.82, 2.24) is 0 Å². The van der Waals surface area contributed by atoms with Crippen LogP contribution < -0.4 is 0 Å². The number of para-hydroxylation sites is 1. The molecule has 5 nitrogen and oxygen atoms in total. The number of allylic oxidation sites excluding steroid dienone is 8. The van der Waals surface area contributed by atoms with Crippen LogP contribution in [0.2, 0.25) is 0 Å². The van der Waals surface area contributed by atoms with Gasteiger partial charge in [-0.3, -0.25) is 5.41 Å². The molecule has 1 unspecified atom stereocenters. The maximum Gasteiger partial charge on any atom is 0.161 e. The Morgan fingerprint density at radius 3 is 1.99 bits per heavy atom. The van der Waals surface area contributed by atoms with E-state index in [0.29, 0.717) is 5.84 Å². The summed E-state index contributed by atoms with van der Waals surface area (Å²) >= 11 is 0. The molecule has 1 N–H and O–H groups in total. The van der Waals surface area contributed by atoms with Crippen LogP contribution in [0.25, 0.3) is 82.8 Å². The molecule has 2 heterocycles. The molecule has 0 aliphatic heterocycles. The van der Waals surface area contributed by atoms with Crippen LogP contribution in [0.5, 0.6) is 0 Å². The Morgan fingerprint density at radius 1 is 0.588 bits per heavy atom. The zero-order chi connectivity index (χ0) is 55.5. The Balaban J connectivity index is 0.00000334. The van der Waals surface area contributed by atoms with Crippen molar-refractivity contribution in [2.75, 3.05) is 0 Å². The molecule has 0 spiro atoms. The third-order valence-electron chi connectivity index (χ3n) is 15.4. The number of furan rings is 2. The lowest BCUT2D eigenvalue weighted by atomic mass is 9.65. The summed E-state index contributed by atoms with van der Waals surface area (Å²) in [6.07, 6.45) is 13.5. The van der Waals surface area contributed by atoms with Gasteiger partial charge in [0.2, 0.25) is 0 Å². The maximum absolute atomic E-state index is 9.62. The molecule has 0 saturated heterocycles. The zero-order valence-corrected chi connectivity index (χ0v) is 46.3. The number of nitrogens with one attached hydrogen (secondary N) is 1. The summed E-state index contributed by atoms with van der Waals surface area (Å²) in [7, 11) is 0. The molecule has 80 heavy (non-hydrogen) atoms. The number of aryl methyl sites for hydroxylation is 2. The predicted molar refractivity (Wildman–Crippen MR) is 340 cm³/mol. The molecular weight excluding hydrogens is 975 g/mol. The minimum absolute atomic E-state index is 0.108. The van der Waals surface area contributed by atoms with Crippen molar-refractivity contribution >= 4 is 67.3 Å². The Bertz CT molecular complexity index is 4380. The molecule has 0 bridgehead atoms. The lowest BCUT2D eigenvalue weighted by Gasteiger charge is -2.36. The number of aliphatic imine (C=N–C) groups is 2. The number of rotatable bonds is 12. The SMILES string of the molecule is C=CC1=C(C=C)C(C(/C=C\C)=C/CC)(c2ccccc2)c2cc(-c3ccc(-c4ccc5oc6cccc(C=NC(=NC(=N)c7cccc(C)c7-c7ccccc7C)c7ccc8c(c7)oc7ccccc78)c6c5c4)cc3)ccc21.CC. The molecule has 2 aromatic heterocycles. The average molecular weight is 1040 g/mol. The highest BCUT2D eigenvalue weighted by Gasteiger charge is 2.46. The van der Waals surface area contributed by atoms with Crippen LogP contribution in [0, 0.1) is 19.3 Å². The summed E-state index contributed by atoms with van der Waals surface area (Å²) in [6, 6.07) is 67.4. The molecule has 390 valence electrons. The fourth-order valence-corrected chi connectivity index (χ4v) is 11.9. The number of amidine groups is 2. The maximum atomic E-state index is 9.62. The number of benzene rings is 9. The average Bonchev–Trinajstić information content (AvgIpc) is 4.17. The number of fused-ring (bicyclic) bond motifs is 7. The summed E-state index contributed by atoms with van der Waals surface area (Å²) in [5.41, 5.74) is 20.5. The molecule has 12 rings (SSSR count). The third kappa shape index (κ3) is 9.10. The van der Waals surface area contributed by atoms with Gasteiger partial charge in [-0.05, 0) is 148 Å². The lowest BCUT2D eigenvalue weighted by Crippen LogP contribution is -2.30. The molecular formula is C75H63N3O2. The normalized spacial score (nSPS) is 14.6. The highest BCUT2D eigenvalue weighted by molar-refractivity contribution is 6.19. The topological polar surface area (TPSA) is 74.8 Å². The quantitative estimate of drug-likeness (QED) is 0.0752. The Hall–Kier alpha value is -9.71. The van der Waals surface area contributed by atoms with E-state index >= 15 is 0 Å². The minimum Gasteiger partial charge on any atom is -0.456 e. The summed E-state index contributed by atoms with van der Waals surface area (Å²) in [5, 5.41) is 13.6. The Kier molecular flexibility index (Phi) is 14.6. The monoisotopic (exact) mass is 1040 g/mol. The summed E-state index contributed by atoms with van der Waals surface area (Å²) in [6.45, 7) is 21.2. The van der Waals surface area contributed by atoms with Gasteiger partial charge in [-0.2, -0.15) is 0 Å². The summed E-state index contributed by atoms with van der Waals surface area (Å²) in [4.78, 5) is 10.2. The van der Waals surface area contributed by atoms with Gasteiger partial charge < -0.3 is 8.83 Å². The second-order valence-electron chi connectivity index (χ2n) is 20.0. The van der Waals surface area contributed by atoms with Crippen molar-refractivity contribution in [1.29, 1.82) is 5.41 Å². The van der Waals surface area contributed by atoms with Crippen molar-refractivity contribution in [2.24, 2.45) is 9.98 Å². The van der Waals surface area contributed by atoms with Crippen molar-refractivity contribution in [3.05, 3.63) is 293 Å². The van der Waals surface area contributed by atoms with Crippen molar-refractivity contribution < 1.29 is 8.83 Å². The summed E-state index contributed by atoms with van der Waals surface area (Å²) < 4.78 is 12.9. The van der Waals surface area contributed by atoms with Gasteiger partial charge in [0.15, 0.2) is 11.7 Å². The van der Waals surface area contributed by atoms with E-state index in [9.17, 15) is 5.41 Å². The van der Waals surface area contributed by atoms with E-state index in [4.69, 9.17) is 18.8 Å². The van der Waals surface area contributed by atoms with E-state index in [2.05, 4.69) is 186 Å². The number of nitrogens with zero attached hydrogens (tertiary/aromatic N) is 2. The second kappa shape index (κ2) is 22.3. The molecule has 5 heteroatoms. The summed E-state index contributed by atoms with van der Waals surface area (Å²) in [5.74, 6) is 0.491. The molecule has 0 radical (unpaired) electrons. The first-order valence-corrected chi connectivity index (χ1v) is 27.6. The molecule has 0 amide bonds. The first kappa shape index (κ1) is 52.3. The van der Waals surface area contributed by atoms with E-state index < -0.39 is 5.41 Å². The van der Waals surface area contributed by atoms with Gasteiger partial charge in [0.05, 0.1) is 5.41 Å². The van der Waals surface area contributed by atoms with Crippen LogP contribution in [0.3, 0.4) is 0 Å². The van der Waals surface area contributed by atoms with Crippen molar-refractivity contribution in [3.8, 4) is 33.4 Å². The van der Waals surface area contributed by atoms with Crippen LogP contribution >= 0.6 is 0 Å². The van der Waals surface area contributed by atoms with Crippen molar-refractivity contribution in [3.63, 3.8) is 0 Å². The van der Waals surface area contributed by atoms with E-state index in [-0.39, 0.29) is 5.84 Å². The van der Waals surface area contributed by atoms with E-state index in [1.54, 1.807) is 0 Å². The first-order valence-electron chi connectivity index (χ1n) is 27.6. The standard InChI is InChI=1S/C73H57N3O2.C2H6/c1-7-20-54(21-8-2)73(55-25-12-11-13-26-55)63(10-4)56(9-3)58-39-36-51(43-64(58)73)49-34-32-48(33-35-49)50-38-41-66-62(42-50)70-53(24-19-31-67(70)77-66)45-75-72(52-37-40-60-59-28-16-17-30-65(59)78-68(60)44-52)76-71(74)61-29-18-23-47(6)69(61)57-27-15-14-22-46(57)5;1-2/h7,9-45,74H,3-4,8H2,1-2,5-6H3;1-2H3/b20-7-,54-21+,74-71?,75-45?,76-72?;. The lowest BCUT2D eigenvalue weighted by molar-refractivity contribution is 0.668. The highest BCUT2D eigenvalue weighted by atomic mass is 16.3. The van der Waals surface area contributed by atoms with Gasteiger partial charge in [-0.1, -0.05) is 216 Å². The van der Waals surface area contributed by atoms with Gasteiger partial charge in [0.25, 0.3) is 0 Å². The largest absolute Gasteiger partial charge is 0.456 e. The smallest absolute Gasteiger partial charge is 0.161 e. The number of hydrogen-bond acceptors (Lipinski definition) is 3. The highest BCUT2D eigenvalue weighted by Crippen LogP contribution is 2.56. The van der Waals surface area contributed by atoms with Crippen LogP contribution in [-0.4, -0.2) is 17.9 Å². The number of hydrogen-bond donors (Lipinski definition) is 1. The van der Waals surface area contributed by atoms with E-state index in [1.165, 1.54) is 22.3 Å². The van der Waals surface area contributed by atoms with Crippen molar-refractivity contribution in [2.45, 2.75) is 53.4 Å². The molecule has 11 aromatic rings. The Morgan fingerprint density at radius 2 is 1.24 bits per heavy atom. The van der Waals surface area contributed by atoms with Gasteiger partial charge in [0, 0.05) is 44.4 Å². The van der Waals surface area contributed by atoms with Crippen LogP contribution in [-0.2, 0) is 5.41 Å². The predicted octanol–water partition coefficient (Wildman–Crippen LogP) is 20.4. The van der Waals surface area contributed by atoms with Gasteiger partial charge >= 0.3 is 0 Å². The fourth-order valence-electron chi connectivity index (χ4n) is 11.9. The van der Waals surface area contributed by atoms with E-state index in [1.807, 2.05) is 98.9 Å².